The Morgan fingerprint density at radius 1 is 0.737 bits per heavy atom. The molecule has 2 atom stereocenters. The van der Waals surface area contributed by atoms with E-state index in [0.29, 0.717) is 18.8 Å². The lowest BCUT2D eigenvalue weighted by Crippen LogP contribution is -2.43. The molecule has 0 amide bonds. The Bertz CT molecular complexity index is 505. The first kappa shape index (κ1) is 37.8. The maximum absolute atomic E-state index is 13.1. The summed E-state index contributed by atoms with van der Waals surface area (Å²) in [6.45, 7) is 7.92. The van der Waals surface area contributed by atoms with E-state index in [-0.39, 0.29) is 24.6 Å². The fraction of sp³-hybridized carbons (Fsp3) is 0.970. The third kappa shape index (κ3) is 22.6. The molecule has 1 heterocycles. The molecule has 0 aromatic rings. The Balaban J connectivity index is 0.0000137. The Morgan fingerprint density at radius 3 is 1.66 bits per heavy atom. The molecule has 0 bridgehead atoms. The van der Waals surface area contributed by atoms with Crippen LogP contribution in [-0.4, -0.2) is 56.2 Å². The fourth-order valence-corrected chi connectivity index (χ4v) is 5.48. The van der Waals surface area contributed by atoms with Gasteiger partial charge in [-0.1, -0.05) is 136 Å². The number of Topliss-reactive ketones (excluding diaryl/α,β-unsaturated/α-hetero) is 1. The highest BCUT2D eigenvalue weighted by Gasteiger charge is 2.26. The van der Waals surface area contributed by atoms with Gasteiger partial charge in [-0.3, -0.25) is 4.79 Å². The smallest absolute Gasteiger partial charge is 0.161 e. The predicted octanol–water partition coefficient (Wildman–Crippen LogP) is 9.71. The quantitative estimate of drug-likeness (QED) is 0.0938. The van der Waals surface area contributed by atoms with Crippen molar-refractivity contribution in [3.8, 4) is 0 Å². The van der Waals surface area contributed by atoms with Gasteiger partial charge in [0.1, 0.15) is 6.10 Å². The van der Waals surface area contributed by atoms with E-state index in [1.54, 1.807) is 0 Å². The molecule has 0 aromatic heterocycles. The lowest BCUT2D eigenvalue weighted by Gasteiger charge is -2.32. The Kier molecular flexibility index (Phi) is 28.3. The molecular formula is C33H66ClNO3. The molecule has 4 nitrogen and oxygen atoms in total. The minimum Gasteiger partial charge on any atom is -0.375 e. The van der Waals surface area contributed by atoms with Crippen LogP contribution in [0, 0.1) is 0 Å². The van der Waals surface area contributed by atoms with Crippen LogP contribution in [0.25, 0.3) is 0 Å². The molecule has 5 heteroatoms. The van der Waals surface area contributed by atoms with Crippen molar-refractivity contribution < 1.29 is 14.3 Å². The normalized spacial score (nSPS) is 16.9. The summed E-state index contributed by atoms with van der Waals surface area (Å²) in [5.41, 5.74) is 0. The average Bonchev–Trinajstić information content (AvgIpc) is 2.89. The first-order valence-corrected chi connectivity index (χ1v) is 16.6. The number of morpholine rings is 1. The number of ether oxygens (including phenoxy) is 2. The highest BCUT2D eigenvalue weighted by molar-refractivity contribution is 5.85. The van der Waals surface area contributed by atoms with Crippen LogP contribution in [0.2, 0.25) is 0 Å². The standard InChI is InChI=1S/C33H65NO3.ClH/c1-4-6-8-10-12-14-15-16-18-20-22-24-27-37-33(29-31-30-34(3)26-28-36-31)32(35)25-23-21-19-17-13-11-9-7-5-2;/h31,33H,4-30H2,1-3H3;1H. The van der Waals surface area contributed by atoms with Crippen LogP contribution in [0.15, 0.2) is 0 Å². The molecule has 1 aliphatic heterocycles. The lowest BCUT2D eigenvalue weighted by atomic mass is 10.0. The Labute approximate surface area is 244 Å². The zero-order valence-corrected chi connectivity index (χ0v) is 26.6. The average molecular weight is 560 g/mol. The van der Waals surface area contributed by atoms with Crippen molar-refractivity contribution in [2.24, 2.45) is 0 Å². The summed E-state index contributed by atoms with van der Waals surface area (Å²) in [7, 11) is 2.14. The van der Waals surface area contributed by atoms with E-state index in [1.807, 2.05) is 0 Å². The van der Waals surface area contributed by atoms with Crippen molar-refractivity contribution in [1.82, 2.24) is 4.90 Å². The van der Waals surface area contributed by atoms with Gasteiger partial charge >= 0.3 is 0 Å². The van der Waals surface area contributed by atoms with Crippen molar-refractivity contribution in [3.63, 3.8) is 0 Å². The number of carbonyl (C=O) groups is 1. The van der Waals surface area contributed by atoms with Gasteiger partial charge in [-0.15, -0.1) is 12.4 Å². The van der Waals surface area contributed by atoms with Gasteiger partial charge in [0.25, 0.3) is 0 Å². The molecule has 0 radical (unpaired) electrons. The van der Waals surface area contributed by atoms with E-state index in [1.165, 1.54) is 122 Å². The molecule has 0 aliphatic carbocycles. The molecule has 38 heavy (non-hydrogen) atoms. The van der Waals surface area contributed by atoms with E-state index in [0.717, 1.165) is 39.0 Å². The third-order valence-corrected chi connectivity index (χ3v) is 8.02. The summed E-state index contributed by atoms with van der Waals surface area (Å²) in [4.78, 5) is 15.4. The number of ketones is 1. The highest BCUT2D eigenvalue weighted by Crippen LogP contribution is 2.18. The second-order valence-corrected chi connectivity index (χ2v) is 11.8. The summed E-state index contributed by atoms with van der Waals surface area (Å²) >= 11 is 0. The van der Waals surface area contributed by atoms with E-state index in [4.69, 9.17) is 9.47 Å². The van der Waals surface area contributed by atoms with Crippen LogP contribution < -0.4 is 0 Å². The van der Waals surface area contributed by atoms with Gasteiger partial charge in [0.15, 0.2) is 5.78 Å². The van der Waals surface area contributed by atoms with E-state index in [9.17, 15) is 4.79 Å². The predicted molar refractivity (Wildman–Crippen MR) is 167 cm³/mol. The first-order valence-electron chi connectivity index (χ1n) is 16.6. The molecule has 1 saturated heterocycles. The van der Waals surface area contributed by atoms with Gasteiger partial charge in [-0.05, 0) is 19.9 Å². The molecule has 228 valence electrons. The summed E-state index contributed by atoms with van der Waals surface area (Å²) < 4.78 is 12.2. The van der Waals surface area contributed by atoms with Crippen LogP contribution in [0.4, 0.5) is 0 Å². The van der Waals surface area contributed by atoms with E-state index < -0.39 is 0 Å². The number of nitrogens with zero attached hydrogens (tertiary/aromatic N) is 1. The molecule has 2 unspecified atom stereocenters. The zero-order chi connectivity index (χ0) is 26.8. The van der Waals surface area contributed by atoms with Gasteiger partial charge in [0, 0.05) is 32.5 Å². The monoisotopic (exact) mass is 559 g/mol. The number of likely N-dealkylation sites (N-methyl/N-ethyl adjacent to an activating group) is 1. The lowest BCUT2D eigenvalue weighted by molar-refractivity contribution is -0.135. The second-order valence-electron chi connectivity index (χ2n) is 11.8. The number of rotatable bonds is 27. The highest BCUT2D eigenvalue weighted by atomic mass is 35.5. The minimum atomic E-state index is -0.279. The summed E-state index contributed by atoms with van der Waals surface area (Å²) in [6, 6.07) is 0. The molecule has 0 N–H and O–H groups in total. The molecule has 0 saturated carbocycles. The van der Waals surface area contributed by atoms with Gasteiger partial charge in [-0.25, -0.2) is 0 Å². The number of hydrogen-bond donors (Lipinski definition) is 0. The van der Waals surface area contributed by atoms with Crippen LogP contribution in [0.5, 0.6) is 0 Å². The van der Waals surface area contributed by atoms with Crippen LogP contribution in [0.1, 0.15) is 162 Å². The van der Waals surface area contributed by atoms with Gasteiger partial charge in [0.2, 0.25) is 0 Å². The number of halogens is 1. The van der Waals surface area contributed by atoms with Gasteiger partial charge < -0.3 is 14.4 Å². The third-order valence-electron chi connectivity index (χ3n) is 8.02. The topological polar surface area (TPSA) is 38.8 Å². The van der Waals surface area contributed by atoms with Crippen LogP contribution in [0.3, 0.4) is 0 Å². The first-order chi connectivity index (χ1) is 18.2. The van der Waals surface area contributed by atoms with Gasteiger partial charge in [-0.2, -0.15) is 0 Å². The second kappa shape index (κ2) is 28.4. The van der Waals surface area contributed by atoms with Crippen molar-refractivity contribution >= 4 is 18.2 Å². The van der Waals surface area contributed by atoms with Crippen molar-refractivity contribution in [3.05, 3.63) is 0 Å². The molecule has 1 rings (SSSR count). The number of carbonyl (C=O) groups excluding carboxylic acids is 1. The largest absolute Gasteiger partial charge is 0.375 e. The van der Waals surface area contributed by atoms with Crippen molar-refractivity contribution in [2.75, 3.05) is 33.4 Å². The fourth-order valence-electron chi connectivity index (χ4n) is 5.48. The SMILES string of the molecule is CCCCCCCCCCCCCCOC(CC1CN(C)CCO1)C(=O)CCCCCCCCCCC.Cl. The Morgan fingerprint density at radius 2 is 1.18 bits per heavy atom. The molecule has 0 spiro atoms. The maximum Gasteiger partial charge on any atom is 0.161 e. The van der Waals surface area contributed by atoms with E-state index in [2.05, 4.69) is 25.8 Å². The number of hydrogen-bond acceptors (Lipinski definition) is 4. The van der Waals surface area contributed by atoms with E-state index >= 15 is 0 Å². The Hall–Kier alpha value is -0.160. The summed E-state index contributed by atoms with van der Waals surface area (Å²) in [6.07, 6.45) is 28.9. The summed E-state index contributed by atoms with van der Waals surface area (Å²) in [5.74, 6) is 0.304. The van der Waals surface area contributed by atoms with Crippen LogP contribution >= 0.6 is 12.4 Å². The molecule has 1 fully saturated rings. The van der Waals surface area contributed by atoms with Gasteiger partial charge in [0.05, 0.1) is 12.7 Å². The van der Waals surface area contributed by atoms with Crippen molar-refractivity contribution in [1.29, 1.82) is 0 Å². The molecule has 0 aromatic carbocycles. The van der Waals surface area contributed by atoms with Crippen LogP contribution in [-0.2, 0) is 14.3 Å². The molecule has 1 aliphatic rings. The zero-order valence-electron chi connectivity index (χ0n) is 25.8. The summed E-state index contributed by atoms with van der Waals surface area (Å²) in [5, 5.41) is 0. The number of unbranched alkanes of at least 4 members (excludes halogenated alkanes) is 19. The maximum atomic E-state index is 13.1. The molecular weight excluding hydrogens is 494 g/mol. The minimum absolute atomic E-state index is 0. The van der Waals surface area contributed by atoms with Crippen molar-refractivity contribution in [2.45, 2.75) is 174 Å².